The molecule has 2 heterocycles. The van der Waals surface area contributed by atoms with E-state index in [1.165, 1.54) is 0 Å². The molecule has 0 atom stereocenters. The van der Waals surface area contributed by atoms with Gasteiger partial charge >= 0.3 is 10.2 Å². The lowest BCUT2D eigenvalue weighted by Crippen LogP contribution is -2.53. The zero-order chi connectivity index (χ0) is 16.0. The van der Waals surface area contributed by atoms with Gasteiger partial charge in [0.15, 0.2) is 0 Å². The molecule has 2 aliphatic rings. The summed E-state index contributed by atoms with van der Waals surface area (Å²) in [4.78, 5) is 2.43. The minimum Gasteiger partial charge on any atom is -0.298 e. The van der Waals surface area contributed by atoms with Crippen LogP contribution in [0.3, 0.4) is 0 Å². The van der Waals surface area contributed by atoms with Gasteiger partial charge in [0.1, 0.15) is 0 Å². The fourth-order valence-electron chi connectivity index (χ4n) is 3.36. The Morgan fingerprint density at radius 1 is 1.14 bits per heavy atom. The summed E-state index contributed by atoms with van der Waals surface area (Å²) in [7, 11) is -3.42. The fraction of sp³-hybridized carbons (Fsp3) is 0.625. The number of para-hydroxylation sites is 1. The lowest BCUT2D eigenvalue weighted by atomic mass is 9.98. The second-order valence-electron chi connectivity index (χ2n) is 7.20. The highest BCUT2D eigenvalue weighted by atomic mass is 32.2. The number of rotatable bonds is 1. The van der Waals surface area contributed by atoms with Crippen molar-refractivity contribution in [2.45, 2.75) is 51.7 Å². The van der Waals surface area contributed by atoms with Gasteiger partial charge in [-0.05, 0) is 45.2 Å². The summed E-state index contributed by atoms with van der Waals surface area (Å²) in [6.07, 6.45) is 1.78. The van der Waals surface area contributed by atoms with Gasteiger partial charge in [0.25, 0.3) is 0 Å². The monoisotopic (exact) mass is 323 g/mol. The van der Waals surface area contributed by atoms with E-state index in [1.54, 1.807) is 4.31 Å². The summed E-state index contributed by atoms with van der Waals surface area (Å²) in [5.74, 6) is 0. The van der Waals surface area contributed by atoms with E-state index >= 15 is 0 Å². The zero-order valence-electron chi connectivity index (χ0n) is 13.5. The topological polar surface area (TPSA) is 52.6 Å². The number of hydrogen-bond donors (Lipinski definition) is 1. The Balaban J connectivity index is 1.76. The highest BCUT2D eigenvalue weighted by Crippen LogP contribution is 2.31. The third kappa shape index (κ3) is 3.00. The van der Waals surface area contributed by atoms with E-state index in [1.807, 2.05) is 24.3 Å². The van der Waals surface area contributed by atoms with Gasteiger partial charge in [-0.2, -0.15) is 12.7 Å². The van der Waals surface area contributed by atoms with E-state index in [2.05, 4.69) is 30.4 Å². The summed E-state index contributed by atoms with van der Waals surface area (Å²) in [6, 6.07) is 7.72. The molecule has 1 N–H and O–H groups in total. The Bertz CT molecular complexity index is 644. The smallest absolute Gasteiger partial charge is 0.298 e. The Morgan fingerprint density at radius 3 is 2.41 bits per heavy atom. The van der Waals surface area contributed by atoms with Crippen LogP contribution in [0.4, 0.5) is 5.69 Å². The van der Waals surface area contributed by atoms with Gasteiger partial charge in [0.05, 0.1) is 5.69 Å². The largest absolute Gasteiger partial charge is 0.302 e. The third-order valence-electron chi connectivity index (χ3n) is 4.71. The molecule has 0 bridgehead atoms. The zero-order valence-corrected chi connectivity index (χ0v) is 14.4. The van der Waals surface area contributed by atoms with Crippen molar-refractivity contribution in [1.29, 1.82) is 0 Å². The maximum Gasteiger partial charge on any atom is 0.302 e. The Kier molecular flexibility index (Phi) is 3.95. The lowest BCUT2D eigenvalue weighted by molar-refractivity contribution is 0.0784. The quantitative estimate of drug-likeness (QED) is 0.863. The maximum absolute atomic E-state index is 12.5. The molecule has 3 rings (SSSR count). The Morgan fingerprint density at radius 2 is 1.77 bits per heavy atom. The molecule has 5 nitrogen and oxygen atoms in total. The molecule has 1 aromatic rings. The molecule has 0 spiro atoms. The van der Waals surface area contributed by atoms with Crippen LogP contribution in [0.25, 0.3) is 0 Å². The van der Waals surface area contributed by atoms with E-state index in [0.29, 0.717) is 12.2 Å². The van der Waals surface area contributed by atoms with Crippen LogP contribution in [0.1, 0.15) is 39.2 Å². The van der Waals surface area contributed by atoms with Gasteiger partial charge in [-0.15, -0.1) is 0 Å². The van der Waals surface area contributed by atoms with Gasteiger partial charge in [0.2, 0.25) is 0 Å². The normalized spacial score (nSPS) is 23.8. The molecule has 0 aliphatic carbocycles. The van der Waals surface area contributed by atoms with Gasteiger partial charge in [-0.25, -0.2) is 0 Å². The van der Waals surface area contributed by atoms with E-state index in [-0.39, 0.29) is 11.6 Å². The first-order valence-electron chi connectivity index (χ1n) is 7.90. The molecular weight excluding hydrogens is 298 g/mol. The van der Waals surface area contributed by atoms with Crippen LogP contribution in [0.2, 0.25) is 0 Å². The summed E-state index contributed by atoms with van der Waals surface area (Å²) in [5.41, 5.74) is 1.91. The first-order chi connectivity index (χ1) is 10.3. The Labute approximate surface area is 133 Å². The predicted molar refractivity (Wildman–Crippen MR) is 88.9 cm³/mol. The SMILES string of the molecule is CC(C)(C)N1CCC(N2Cc3ccccc3NS2(=O)=O)CC1. The van der Waals surface area contributed by atoms with Crippen molar-refractivity contribution in [2.75, 3.05) is 17.8 Å². The average Bonchev–Trinajstić information content (AvgIpc) is 2.45. The number of fused-ring (bicyclic) bond motifs is 1. The van der Waals surface area contributed by atoms with Gasteiger partial charge < -0.3 is 0 Å². The summed E-state index contributed by atoms with van der Waals surface area (Å²) in [5, 5.41) is 0. The van der Waals surface area contributed by atoms with Crippen molar-refractivity contribution >= 4 is 15.9 Å². The second-order valence-corrected chi connectivity index (χ2v) is 8.82. The Hall–Kier alpha value is -1.11. The molecule has 2 aliphatic heterocycles. The molecular formula is C16H25N3O2S. The van der Waals surface area contributed by atoms with Crippen molar-refractivity contribution in [2.24, 2.45) is 0 Å². The van der Waals surface area contributed by atoms with E-state index < -0.39 is 10.2 Å². The van der Waals surface area contributed by atoms with Crippen LogP contribution in [-0.4, -0.2) is 42.3 Å². The van der Waals surface area contributed by atoms with Crippen molar-refractivity contribution in [3.05, 3.63) is 29.8 Å². The fourth-order valence-corrected chi connectivity index (χ4v) is 4.86. The van der Waals surface area contributed by atoms with Crippen molar-refractivity contribution in [3.8, 4) is 0 Å². The number of piperidine rings is 1. The first kappa shape index (κ1) is 15.8. The predicted octanol–water partition coefficient (Wildman–Crippen LogP) is 2.42. The average molecular weight is 323 g/mol. The molecule has 1 aromatic carbocycles. The molecule has 0 amide bonds. The highest BCUT2D eigenvalue weighted by Gasteiger charge is 2.37. The van der Waals surface area contributed by atoms with Crippen molar-refractivity contribution < 1.29 is 8.42 Å². The number of nitrogens with zero attached hydrogens (tertiary/aromatic N) is 2. The summed E-state index contributed by atoms with van der Waals surface area (Å²) in [6.45, 7) is 9.00. The van der Waals surface area contributed by atoms with Gasteiger partial charge in [-0.3, -0.25) is 9.62 Å². The molecule has 0 radical (unpaired) electrons. The minimum absolute atomic E-state index is 0.0875. The van der Waals surface area contributed by atoms with Crippen molar-refractivity contribution in [1.82, 2.24) is 9.21 Å². The number of anilines is 1. The van der Waals surface area contributed by atoms with E-state index in [0.717, 1.165) is 31.5 Å². The third-order valence-corrected chi connectivity index (χ3v) is 6.23. The molecule has 1 fully saturated rings. The second kappa shape index (κ2) is 5.51. The molecule has 0 aromatic heterocycles. The van der Waals surface area contributed by atoms with Crippen LogP contribution in [0.5, 0.6) is 0 Å². The standard InChI is InChI=1S/C16H25N3O2S/c1-16(2,3)18-10-8-14(9-11-18)19-12-13-6-4-5-7-15(13)17-22(19,20)21/h4-7,14,17H,8-12H2,1-3H3. The van der Waals surface area contributed by atoms with Crippen molar-refractivity contribution in [3.63, 3.8) is 0 Å². The van der Waals surface area contributed by atoms with E-state index in [9.17, 15) is 8.42 Å². The van der Waals surface area contributed by atoms with Crippen LogP contribution < -0.4 is 4.72 Å². The molecule has 22 heavy (non-hydrogen) atoms. The molecule has 1 saturated heterocycles. The van der Waals surface area contributed by atoms with Crippen LogP contribution >= 0.6 is 0 Å². The highest BCUT2D eigenvalue weighted by molar-refractivity contribution is 7.90. The number of hydrogen-bond acceptors (Lipinski definition) is 3. The first-order valence-corrected chi connectivity index (χ1v) is 9.34. The molecule has 0 saturated carbocycles. The number of benzene rings is 1. The van der Waals surface area contributed by atoms with Crippen LogP contribution in [-0.2, 0) is 16.8 Å². The number of likely N-dealkylation sites (tertiary alicyclic amines) is 1. The maximum atomic E-state index is 12.5. The van der Waals surface area contributed by atoms with E-state index in [4.69, 9.17) is 0 Å². The lowest BCUT2D eigenvalue weighted by Gasteiger charge is -2.44. The van der Waals surface area contributed by atoms with Crippen LogP contribution in [0.15, 0.2) is 24.3 Å². The minimum atomic E-state index is -3.42. The van der Waals surface area contributed by atoms with Gasteiger partial charge in [0, 0.05) is 31.2 Å². The van der Waals surface area contributed by atoms with Crippen LogP contribution in [0, 0.1) is 0 Å². The molecule has 0 unspecified atom stereocenters. The van der Waals surface area contributed by atoms with Gasteiger partial charge in [-0.1, -0.05) is 18.2 Å². The molecule has 6 heteroatoms. The summed E-state index contributed by atoms with van der Waals surface area (Å²) < 4.78 is 29.4. The molecule has 122 valence electrons. The summed E-state index contributed by atoms with van der Waals surface area (Å²) >= 11 is 0. The number of nitrogens with one attached hydrogen (secondary N) is 1.